The lowest BCUT2D eigenvalue weighted by Crippen LogP contribution is -2.45. The number of carbonyl (C=O) groups excluding carboxylic acids is 2. The molecule has 1 unspecified atom stereocenters. The number of rotatable bonds is 5. The van der Waals surface area contributed by atoms with Gasteiger partial charge in [0.05, 0.1) is 13.2 Å². The molecule has 0 aliphatic carbocycles. The second kappa shape index (κ2) is 10.8. The quantitative estimate of drug-likeness (QED) is 0.764. The van der Waals surface area contributed by atoms with Gasteiger partial charge in [0, 0.05) is 33.5 Å². The molecule has 0 bridgehead atoms. The molecule has 1 saturated heterocycles. The standard InChI is InChI=1S/C20H26N4O3S.ClH/c1-16(25)21-19-22-24(17(2)26)20(28-19,9-8-18-6-4-3-5-7-18)10-11-23-12-14-27-15-13-23;/h3-9H,10-15H2,1-2H3,(H,21,22,25);1H. The maximum atomic E-state index is 12.4. The Balaban J connectivity index is 0.00000300. The first kappa shape index (κ1) is 23.4. The lowest BCUT2D eigenvalue weighted by atomic mass is 10.1. The molecule has 3 rings (SSSR count). The van der Waals surface area contributed by atoms with Gasteiger partial charge in [0.1, 0.15) is 4.87 Å². The van der Waals surface area contributed by atoms with Gasteiger partial charge >= 0.3 is 0 Å². The van der Waals surface area contributed by atoms with Crippen LogP contribution in [0.5, 0.6) is 0 Å². The number of benzene rings is 1. The van der Waals surface area contributed by atoms with Gasteiger partial charge in [-0.2, -0.15) is 0 Å². The zero-order valence-corrected chi connectivity index (χ0v) is 18.3. The maximum absolute atomic E-state index is 12.4. The number of hydrogen-bond acceptors (Lipinski definition) is 6. The average Bonchev–Trinajstić information content (AvgIpc) is 3.05. The van der Waals surface area contributed by atoms with Gasteiger partial charge in [0.15, 0.2) is 5.17 Å². The third-order valence-corrected chi connectivity index (χ3v) is 5.87. The molecule has 2 amide bonds. The fraction of sp³-hybridized carbons (Fsp3) is 0.450. The van der Waals surface area contributed by atoms with Gasteiger partial charge in [-0.25, -0.2) is 5.01 Å². The summed E-state index contributed by atoms with van der Waals surface area (Å²) < 4.78 is 5.43. The van der Waals surface area contributed by atoms with E-state index in [2.05, 4.69) is 15.3 Å². The summed E-state index contributed by atoms with van der Waals surface area (Å²) in [6.45, 7) is 6.96. The molecule has 0 aromatic heterocycles. The van der Waals surface area contributed by atoms with Crippen LogP contribution >= 0.6 is 24.2 Å². The van der Waals surface area contributed by atoms with Crippen molar-refractivity contribution in [3.05, 3.63) is 42.0 Å². The number of amidine groups is 1. The van der Waals surface area contributed by atoms with Gasteiger partial charge in [-0.3, -0.25) is 14.5 Å². The smallest absolute Gasteiger partial charge is 0.241 e. The van der Waals surface area contributed by atoms with Crippen LogP contribution < -0.4 is 5.32 Å². The molecule has 1 N–H and O–H groups in total. The van der Waals surface area contributed by atoms with Crippen molar-refractivity contribution in [1.82, 2.24) is 15.2 Å². The van der Waals surface area contributed by atoms with Crippen molar-refractivity contribution in [2.45, 2.75) is 25.1 Å². The minimum atomic E-state index is -0.683. The number of amides is 2. The lowest BCUT2D eigenvalue weighted by molar-refractivity contribution is -0.131. The normalized spacial score (nSPS) is 22.3. The molecule has 1 atom stereocenters. The van der Waals surface area contributed by atoms with Crippen molar-refractivity contribution >= 4 is 47.2 Å². The molecule has 2 aliphatic heterocycles. The summed E-state index contributed by atoms with van der Waals surface area (Å²) in [5.74, 6) is -0.363. The predicted molar refractivity (Wildman–Crippen MR) is 119 cm³/mol. The molecule has 1 aromatic carbocycles. The molecule has 0 spiro atoms. The third-order valence-electron chi connectivity index (χ3n) is 4.63. The Hall–Kier alpha value is -1.87. The number of hydrazone groups is 1. The van der Waals surface area contributed by atoms with E-state index in [-0.39, 0.29) is 24.2 Å². The highest BCUT2D eigenvalue weighted by atomic mass is 35.5. The van der Waals surface area contributed by atoms with Crippen molar-refractivity contribution < 1.29 is 14.3 Å². The van der Waals surface area contributed by atoms with Gasteiger partial charge in [-0.15, -0.1) is 17.5 Å². The minimum absolute atomic E-state index is 0. The molecule has 2 heterocycles. The van der Waals surface area contributed by atoms with E-state index < -0.39 is 4.87 Å². The van der Waals surface area contributed by atoms with Crippen LogP contribution in [0, 0.1) is 0 Å². The summed E-state index contributed by atoms with van der Waals surface area (Å²) in [6, 6.07) is 9.95. The Kier molecular flexibility index (Phi) is 8.70. The molecular weight excluding hydrogens is 412 g/mol. The number of carbonyl (C=O) groups is 2. The van der Waals surface area contributed by atoms with Crippen molar-refractivity contribution in [1.29, 1.82) is 0 Å². The number of halogens is 1. The van der Waals surface area contributed by atoms with E-state index in [0.29, 0.717) is 11.6 Å². The van der Waals surface area contributed by atoms with Gasteiger partial charge in [0.2, 0.25) is 11.8 Å². The molecule has 9 heteroatoms. The zero-order chi connectivity index (χ0) is 20.0. The monoisotopic (exact) mass is 438 g/mol. The number of thioether (sulfide) groups is 1. The van der Waals surface area contributed by atoms with E-state index in [1.165, 1.54) is 30.6 Å². The lowest BCUT2D eigenvalue weighted by Gasteiger charge is -2.35. The first-order valence-corrected chi connectivity index (χ1v) is 10.2. The summed E-state index contributed by atoms with van der Waals surface area (Å²) in [7, 11) is 0. The largest absolute Gasteiger partial charge is 0.379 e. The molecule has 0 saturated carbocycles. The highest BCUT2D eigenvalue weighted by Crippen LogP contribution is 2.41. The Morgan fingerprint density at radius 1 is 1.24 bits per heavy atom. The first-order valence-electron chi connectivity index (χ1n) is 9.39. The van der Waals surface area contributed by atoms with Crippen LogP contribution in [0.4, 0.5) is 0 Å². The first-order chi connectivity index (χ1) is 13.5. The zero-order valence-electron chi connectivity index (χ0n) is 16.7. The molecule has 1 aromatic rings. The number of nitrogens with one attached hydrogen (secondary N) is 1. The predicted octanol–water partition coefficient (Wildman–Crippen LogP) is 2.54. The van der Waals surface area contributed by atoms with Gasteiger partial charge in [0.25, 0.3) is 0 Å². The summed E-state index contributed by atoms with van der Waals surface area (Å²) in [6.07, 6.45) is 4.72. The van der Waals surface area contributed by atoms with Crippen LogP contribution in [0.2, 0.25) is 0 Å². The van der Waals surface area contributed by atoms with Crippen LogP contribution in [0.25, 0.3) is 6.08 Å². The van der Waals surface area contributed by atoms with Crippen LogP contribution in [0.1, 0.15) is 25.8 Å². The van der Waals surface area contributed by atoms with E-state index in [4.69, 9.17) is 4.74 Å². The third kappa shape index (κ3) is 6.30. The van der Waals surface area contributed by atoms with Crippen molar-refractivity contribution in [2.24, 2.45) is 5.10 Å². The van der Waals surface area contributed by atoms with Crippen LogP contribution in [-0.2, 0) is 14.3 Å². The molecule has 2 aliphatic rings. The molecule has 29 heavy (non-hydrogen) atoms. The molecule has 0 radical (unpaired) electrons. The molecule has 7 nitrogen and oxygen atoms in total. The van der Waals surface area contributed by atoms with E-state index in [9.17, 15) is 9.59 Å². The van der Waals surface area contributed by atoms with Gasteiger partial charge in [-0.1, -0.05) is 48.2 Å². The fourth-order valence-electron chi connectivity index (χ4n) is 3.22. The van der Waals surface area contributed by atoms with E-state index in [0.717, 1.165) is 38.4 Å². The van der Waals surface area contributed by atoms with E-state index >= 15 is 0 Å². The number of nitrogens with zero attached hydrogens (tertiary/aromatic N) is 3. The number of morpholine rings is 1. The second-order valence-electron chi connectivity index (χ2n) is 6.81. The van der Waals surface area contributed by atoms with E-state index in [1.54, 1.807) is 0 Å². The Morgan fingerprint density at radius 3 is 2.55 bits per heavy atom. The SMILES string of the molecule is CC(=O)NC1=NN(C(C)=O)C(C=Cc2ccccc2)(CCN2CCOCC2)S1.Cl. The van der Waals surface area contributed by atoms with Gasteiger partial charge in [-0.05, 0) is 18.1 Å². The molecular formula is C20H27ClN4O3S. The number of ether oxygens (including phenoxy) is 1. The minimum Gasteiger partial charge on any atom is -0.379 e. The van der Waals surface area contributed by atoms with Crippen molar-refractivity contribution in [3.8, 4) is 0 Å². The van der Waals surface area contributed by atoms with Crippen LogP contribution in [0.15, 0.2) is 41.5 Å². The van der Waals surface area contributed by atoms with Crippen molar-refractivity contribution in [2.75, 3.05) is 32.8 Å². The number of hydrogen-bond donors (Lipinski definition) is 1. The Bertz CT molecular complexity index is 768. The summed E-state index contributed by atoms with van der Waals surface area (Å²) in [5.41, 5.74) is 1.05. The Morgan fingerprint density at radius 2 is 1.93 bits per heavy atom. The molecule has 158 valence electrons. The van der Waals surface area contributed by atoms with Crippen LogP contribution in [-0.4, -0.2) is 64.6 Å². The maximum Gasteiger partial charge on any atom is 0.241 e. The summed E-state index contributed by atoms with van der Waals surface area (Å²) >= 11 is 1.41. The average molecular weight is 439 g/mol. The van der Waals surface area contributed by atoms with E-state index in [1.807, 2.05) is 42.5 Å². The van der Waals surface area contributed by atoms with Gasteiger partial charge < -0.3 is 10.1 Å². The second-order valence-corrected chi connectivity index (χ2v) is 8.11. The van der Waals surface area contributed by atoms with Crippen molar-refractivity contribution in [3.63, 3.8) is 0 Å². The topological polar surface area (TPSA) is 74.2 Å². The fourth-order valence-corrected chi connectivity index (χ4v) is 4.46. The Labute approximate surface area is 181 Å². The molecule has 1 fully saturated rings. The highest BCUT2D eigenvalue weighted by molar-refractivity contribution is 8.15. The summed E-state index contributed by atoms with van der Waals surface area (Å²) in [4.78, 5) is 25.6. The van der Waals surface area contributed by atoms with Crippen LogP contribution in [0.3, 0.4) is 0 Å². The highest BCUT2D eigenvalue weighted by Gasteiger charge is 2.44. The summed E-state index contributed by atoms with van der Waals surface area (Å²) in [5, 5.41) is 9.06.